The summed E-state index contributed by atoms with van der Waals surface area (Å²) in [6.45, 7) is 0.0517. The van der Waals surface area contributed by atoms with E-state index in [2.05, 4.69) is 20.7 Å². The molecule has 1 aliphatic rings. The second-order valence-electron chi connectivity index (χ2n) is 7.36. The molecule has 3 rings (SSSR count). The van der Waals surface area contributed by atoms with Gasteiger partial charge in [-0.25, -0.2) is 4.79 Å². The van der Waals surface area contributed by atoms with Gasteiger partial charge in [-0.1, -0.05) is 25.3 Å². The van der Waals surface area contributed by atoms with E-state index in [-0.39, 0.29) is 24.4 Å². The number of carbonyl (C=O) groups excluding carboxylic acids is 3. The summed E-state index contributed by atoms with van der Waals surface area (Å²) in [7, 11) is 1.33. The molecule has 0 spiro atoms. The maximum absolute atomic E-state index is 12.5. The molecule has 30 heavy (non-hydrogen) atoms. The summed E-state index contributed by atoms with van der Waals surface area (Å²) in [5, 5.41) is 8.87. The van der Waals surface area contributed by atoms with Crippen LogP contribution in [0.3, 0.4) is 0 Å². The lowest BCUT2D eigenvalue weighted by molar-refractivity contribution is -0.114. The molecule has 2 amide bonds. The Morgan fingerprint density at radius 1 is 0.933 bits per heavy atom. The minimum Gasteiger partial charge on any atom is -0.465 e. The summed E-state index contributed by atoms with van der Waals surface area (Å²) in [6.07, 6.45) is 5.58. The first-order chi connectivity index (χ1) is 14.5. The number of benzene rings is 2. The Balaban J connectivity index is 1.50. The molecule has 0 aromatic heterocycles. The summed E-state index contributed by atoms with van der Waals surface area (Å²) in [4.78, 5) is 36.2. The average Bonchev–Trinajstić information content (AvgIpc) is 2.78. The third-order valence-corrected chi connectivity index (χ3v) is 5.11. The topological polar surface area (TPSA) is 96.5 Å². The van der Waals surface area contributed by atoms with Crippen LogP contribution in [0.15, 0.2) is 48.5 Å². The first-order valence-electron chi connectivity index (χ1n) is 10.2. The number of anilines is 2. The summed E-state index contributed by atoms with van der Waals surface area (Å²) >= 11 is 0. The maximum atomic E-state index is 12.5. The van der Waals surface area contributed by atoms with E-state index in [9.17, 15) is 14.4 Å². The summed E-state index contributed by atoms with van der Waals surface area (Å²) < 4.78 is 4.66. The van der Waals surface area contributed by atoms with Gasteiger partial charge in [-0.15, -0.1) is 0 Å². The molecule has 1 aliphatic carbocycles. The van der Waals surface area contributed by atoms with Crippen LogP contribution < -0.4 is 16.0 Å². The van der Waals surface area contributed by atoms with Crippen molar-refractivity contribution < 1.29 is 19.1 Å². The largest absolute Gasteiger partial charge is 0.465 e. The molecule has 0 aliphatic heterocycles. The van der Waals surface area contributed by atoms with E-state index < -0.39 is 5.97 Å². The fraction of sp³-hybridized carbons (Fsp3) is 0.348. The minimum absolute atomic E-state index is 0.0517. The van der Waals surface area contributed by atoms with Crippen molar-refractivity contribution in [2.75, 3.05) is 24.3 Å². The first-order valence-corrected chi connectivity index (χ1v) is 10.2. The number of rotatable bonds is 7. The molecule has 0 radical (unpaired) electrons. The van der Waals surface area contributed by atoms with Crippen molar-refractivity contribution in [3.05, 3.63) is 59.7 Å². The van der Waals surface area contributed by atoms with Crippen LogP contribution in [0.25, 0.3) is 0 Å². The van der Waals surface area contributed by atoms with E-state index in [0.29, 0.717) is 22.5 Å². The molecule has 0 saturated heterocycles. The van der Waals surface area contributed by atoms with Crippen LogP contribution in [0.2, 0.25) is 0 Å². The third kappa shape index (κ3) is 6.07. The third-order valence-electron chi connectivity index (χ3n) is 5.11. The minimum atomic E-state index is -0.410. The van der Waals surface area contributed by atoms with Crippen LogP contribution >= 0.6 is 0 Å². The number of hydrogen-bond acceptors (Lipinski definition) is 5. The Hall–Kier alpha value is -3.35. The summed E-state index contributed by atoms with van der Waals surface area (Å²) in [5.41, 5.74) is 2.25. The molecule has 0 unspecified atom stereocenters. The molecule has 2 aromatic rings. The number of amides is 2. The van der Waals surface area contributed by atoms with Gasteiger partial charge in [0, 0.05) is 23.0 Å². The first kappa shape index (κ1) is 21.4. The van der Waals surface area contributed by atoms with Crippen molar-refractivity contribution in [2.45, 2.75) is 38.1 Å². The van der Waals surface area contributed by atoms with Crippen LogP contribution in [0.1, 0.15) is 52.8 Å². The highest BCUT2D eigenvalue weighted by molar-refractivity contribution is 5.98. The fourth-order valence-electron chi connectivity index (χ4n) is 3.48. The number of nitrogens with one attached hydrogen (secondary N) is 3. The van der Waals surface area contributed by atoms with Gasteiger partial charge in [0.25, 0.3) is 5.91 Å². The Morgan fingerprint density at radius 3 is 2.37 bits per heavy atom. The predicted octanol–water partition coefficient (Wildman–Crippen LogP) is 3.59. The smallest absolute Gasteiger partial charge is 0.337 e. The lowest BCUT2D eigenvalue weighted by Gasteiger charge is -2.22. The van der Waals surface area contributed by atoms with Crippen molar-refractivity contribution in [3.8, 4) is 0 Å². The molecule has 7 nitrogen and oxygen atoms in total. The van der Waals surface area contributed by atoms with Crippen LogP contribution in [-0.4, -0.2) is 37.5 Å². The maximum Gasteiger partial charge on any atom is 0.337 e. The normalized spacial score (nSPS) is 13.9. The number of ether oxygens (including phenoxy) is 1. The van der Waals surface area contributed by atoms with Gasteiger partial charge in [0.1, 0.15) is 0 Å². The highest BCUT2D eigenvalue weighted by Gasteiger charge is 2.17. The molecule has 7 heteroatoms. The Morgan fingerprint density at radius 2 is 1.67 bits per heavy atom. The van der Waals surface area contributed by atoms with E-state index >= 15 is 0 Å². The van der Waals surface area contributed by atoms with E-state index in [0.717, 1.165) is 25.7 Å². The van der Waals surface area contributed by atoms with Gasteiger partial charge < -0.3 is 20.7 Å². The molecule has 1 saturated carbocycles. The number of methoxy groups -OCH3 is 1. The van der Waals surface area contributed by atoms with Crippen molar-refractivity contribution in [3.63, 3.8) is 0 Å². The van der Waals surface area contributed by atoms with E-state index in [4.69, 9.17) is 0 Å². The van der Waals surface area contributed by atoms with Gasteiger partial charge in [0.15, 0.2) is 0 Å². The molecule has 2 aromatic carbocycles. The standard InChI is InChI=1S/C23H27N3O4/c1-30-23(29)16-10-12-18(13-11-16)24-15-21(27)25-20-9-5-6-17(14-20)22(28)26-19-7-3-2-4-8-19/h5-6,9-14,19,24H,2-4,7-8,15H2,1H3,(H,25,27)(H,26,28). The van der Waals surface area contributed by atoms with Crippen LogP contribution in [0, 0.1) is 0 Å². The Labute approximate surface area is 176 Å². The number of hydrogen-bond donors (Lipinski definition) is 3. The zero-order chi connectivity index (χ0) is 21.3. The van der Waals surface area contributed by atoms with E-state index in [1.165, 1.54) is 13.5 Å². The SMILES string of the molecule is COC(=O)c1ccc(NCC(=O)Nc2cccc(C(=O)NC3CCCCC3)c2)cc1. The van der Waals surface area contributed by atoms with Gasteiger partial charge in [0.2, 0.25) is 5.91 Å². The van der Waals surface area contributed by atoms with Gasteiger partial charge in [-0.05, 0) is 55.3 Å². The number of carbonyl (C=O) groups is 3. The number of esters is 1. The average molecular weight is 409 g/mol. The van der Waals surface area contributed by atoms with Crippen molar-refractivity contribution >= 4 is 29.2 Å². The lowest BCUT2D eigenvalue weighted by Crippen LogP contribution is -2.36. The van der Waals surface area contributed by atoms with Crippen molar-refractivity contribution in [1.29, 1.82) is 0 Å². The Bertz CT molecular complexity index is 890. The molecule has 0 heterocycles. The second-order valence-corrected chi connectivity index (χ2v) is 7.36. The molecule has 1 fully saturated rings. The highest BCUT2D eigenvalue weighted by atomic mass is 16.5. The van der Waals surface area contributed by atoms with E-state index in [1.807, 2.05) is 0 Å². The van der Waals surface area contributed by atoms with E-state index in [1.54, 1.807) is 48.5 Å². The van der Waals surface area contributed by atoms with Crippen LogP contribution in [0.4, 0.5) is 11.4 Å². The molecule has 3 N–H and O–H groups in total. The predicted molar refractivity (Wildman–Crippen MR) is 116 cm³/mol. The van der Waals surface area contributed by atoms with Gasteiger partial charge in [-0.2, -0.15) is 0 Å². The quantitative estimate of drug-likeness (QED) is 0.608. The molecular weight excluding hydrogens is 382 g/mol. The van der Waals surface area contributed by atoms with Crippen molar-refractivity contribution in [1.82, 2.24) is 5.32 Å². The van der Waals surface area contributed by atoms with Gasteiger partial charge in [-0.3, -0.25) is 9.59 Å². The van der Waals surface area contributed by atoms with Crippen LogP contribution in [-0.2, 0) is 9.53 Å². The highest BCUT2D eigenvalue weighted by Crippen LogP contribution is 2.18. The molecular formula is C23H27N3O4. The molecule has 0 atom stereocenters. The monoisotopic (exact) mass is 409 g/mol. The Kier molecular flexibility index (Phi) is 7.43. The van der Waals surface area contributed by atoms with Crippen molar-refractivity contribution in [2.24, 2.45) is 0 Å². The fourth-order valence-corrected chi connectivity index (χ4v) is 3.48. The molecule has 0 bridgehead atoms. The van der Waals surface area contributed by atoms with Gasteiger partial charge in [0.05, 0.1) is 19.2 Å². The zero-order valence-electron chi connectivity index (χ0n) is 17.1. The van der Waals surface area contributed by atoms with Gasteiger partial charge >= 0.3 is 5.97 Å². The second kappa shape index (κ2) is 10.4. The molecule has 158 valence electrons. The summed E-state index contributed by atoms with van der Waals surface area (Å²) in [5.74, 6) is -0.759. The zero-order valence-corrected chi connectivity index (χ0v) is 17.1. The lowest BCUT2D eigenvalue weighted by atomic mass is 9.95. The van der Waals surface area contributed by atoms with Crippen LogP contribution in [0.5, 0.6) is 0 Å². The summed E-state index contributed by atoms with van der Waals surface area (Å²) in [6, 6.07) is 13.8.